The molecule has 0 radical (unpaired) electrons. The Hall–Kier alpha value is -2.04. The summed E-state index contributed by atoms with van der Waals surface area (Å²) in [6.45, 7) is 0.833. The normalized spacial score (nSPS) is 19.4. The molecule has 2 rings (SSSR count). The third-order valence-electron chi connectivity index (χ3n) is 2.66. The van der Waals surface area contributed by atoms with Crippen LogP contribution >= 0.6 is 0 Å². The molecule has 1 N–H and O–H groups in total. The summed E-state index contributed by atoms with van der Waals surface area (Å²) in [4.78, 5) is 23.6. The molecule has 1 unspecified atom stereocenters. The maximum atomic E-state index is 11.6. The van der Waals surface area contributed by atoms with Crippen LogP contribution in [-0.2, 0) is 16.1 Å². The molecule has 1 fully saturated rings. The van der Waals surface area contributed by atoms with Crippen LogP contribution in [0.3, 0.4) is 0 Å². The highest BCUT2D eigenvalue weighted by atomic mass is 16.7. The van der Waals surface area contributed by atoms with Crippen LogP contribution in [0.25, 0.3) is 0 Å². The van der Waals surface area contributed by atoms with Crippen molar-refractivity contribution >= 4 is 12.1 Å². The fourth-order valence-electron chi connectivity index (χ4n) is 1.91. The third-order valence-corrected chi connectivity index (χ3v) is 2.66. The highest BCUT2D eigenvalue weighted by molar-refractivity contribution is 5.79. The molecule has 1 amide bonds. The smallest absolute Gasteiger partial charge is 0.450 e. The maximum Gasteiger partial charge on any atom is 0.506 e. The van der Waals surface area contributed by atoms with Crippen LogP contribution in [0.15, 0.2) is 30.3 Å². The van der Waals surface area contributed by atoms with Crippen molar-refractivity contribution in [1.82, 2.24) is 4.90 Å². The zero-order chi connectivity index (χ0) is 12.3. The van der Waals surface area contributed by atoms with Crippen LogP contribution in [0.4, 0.5) is 4.79 Å². The van der Waals surface area contributed by atoms with Crippen molar-refractivity contribution in [3.63, 3.8) is 0 Å². The van der Waals surface area contributed by atoms with Crippen molar-refractivity contribution in [2.24, 2.45) is 0 Å². The van der Waals surface area contributed by atoms with E-state index in [2.05, 4.69) is 4.74 Å². The second-order valence-electron chi connectivity index (χ2n) is 3.97. The lowest BCUT2D eigenvalue weighted by molar-refractivity contribution is -0.128. The maximum absolute atomic E-state index is 11.6. The Bertz CT molecular complexity index is 418. The Morgan fingerprint density at radius 2 is 2.12 bits per heavy atom. The van der Waals surface area contributed by atoms with E-state index < -0.39 is 12.3 Å². The van der Waals surface area contributed by atoms with Crippen molar-refractivity contribution in [2.45, 2.75) is 19.1 Å². The van der Waals surface area contributed by atoms with Gasteiger partial charge in [0.15, 0.2) is 0 Å². The van der Waals surface area contributed by atoms with Gasteiger partial charge in [0, 0.05) is 6.54 Å². The predicted molar refractivity (Wildman–Crippen MR) is 59.4 cm³/mol. The minimum atomic E-state index is -1.33. The molecule has 90 valence electrons. The zero-order valence-electron chi connectivity index (χ0n) is 9.20. The highest BCUT2D eigenvalue weighted by Gasteiger charge is 2.31. The molecule has 0 aliphatic carbocycles. The Kier molecular flexibility index (Phi) is 3.27. The van der Waals surface area contributed by atoms with Gasteiger partial charge in [0.25, 0.3) is 0 Å². The summed E-state index contributed by atoms with van der Waals surface area (Å²) in [5, 5.41) is 8.48. The van der Waals surface area contributed by atoms with Gasteiger partial charge in [0.1, 0.15) is 6.10 Å². The summed E-state index contributed by atoms with van der Waals surface area (Å²) in [7, 11) is 0. The first-order chi connectivity index (χ1) is 8.15. The van der Waals surface area contributed by atoms with Gasteiger partial charge in [-0.05, 0) is 5.56 Å². The molecule has 0 bridgehead atoms. The van der Waals surface area contributed by atoms with E-state index in [9.17, 15) is 9.59 Å². The van der Waals surface area contributed by atoms with Crippen LogP contribution in [0.1, 0.15) is 12.0 Å². The third kappa shape index (κ3) is 2.96. The molecule has 1 aliphatic heterocycles. The number of nitrogens with zero attached hydrogens (tertiary/aromatic N) is 1. The molecular formula is C12H13NO4. The minimum absolute atomic E-state index is 0.0693. The Labute approximate surface area is 98.6 Å². The van der Waals surface area contributed by atoms with Gasteiger partial charge in [-0.25, -0.2) is 4.79 Å². The Balaban J connectivity index is 1.95. The lowest BCUT2D eigenvalue weighted by atomic mass is 10.2. The molecule has 5 nitrogen and oxygen atoms in total. The van der Waals surface area contributed by atoms with E-state index in [1.54, 1.807) is 4.90 Å². The molecule has 17 heavy (non-hydrogen) atoms. The number of carbonyl (C=O) groups excluding carboxylic acids is 1. The number of hydrogen-bond donors (Lipinski definition) is 1. The van der Waals surface area contributed by atoms with E-state index in [1.807, 2.05) is 30.3 Å². The Morgan fingerprint density at radius 3 is 2.76 bits per heavy atom. The van der Waals surface area contributed by atoms with E-state index >= 15 is 0 Å². The van der Waals surface area contributed by atoms with E-state index in [4.69, 9.17) is 5.11 Å². The van der Waals surface area contributed by atoms with Crippen molar-refractivity contribution in [2.75, 3.05) is 6.54 Å². The summed E-state index contributed by atoms with van der Waals surface area (Å²) >= 11 is 0. The zero-order valence-corrected chi connectivity index (χ0v) is 9.20. The summed E-state index contributed by atoms with van der Waals surface area (Å²) in [6, 6.07) is 9.57. The van der Waals surface area contributed by atoms with Crippen LogP contribution < -0.4 is 0 Å². The van der Waals surface area contributed by atoms with E-state index in [0.717, 1.165) is 5.56 Å². The largest absolute Gasteiger partial charge is 0.506 e. The average molecular weight is 235 g/mol. The molecule has 1 aliphatic rings. The average Bonchev–Trinajstić information content (AvgIpc) is 2.59. The molecule has 0 saturated carbocycles. The van der Waals surface area contributed by atoms with Crippen molar-refractivity contribution in [1.29, 1.82) is 0 Å². The molecule has 0 aromatic heterocycles. The molecule has 1 saturated heterocycles. The fraction of sp³-hybridized carbons (Fsp3) is 0.333. The summed E-state index contributed by atoms with van der Waals surface area (Å²) in [5.74, 6) is -0.0693. The lowest BCUT2D eigenvalue weighted by Gasteiger charge is -2.16. The van der Waals surface area contributed by atoms with Gasteiger partial charge < -0.3 is 14.7 Å². The quantitative estimate of drug-likeness (QED) is 0.806. The standard InChI is InChI=1S/C12H13NO4/c14-11-6-10(17-12(15)16)8-13(11)7-9-4-2-1-3-5-9/h1-5,10H,6-8H2,(H,15,16). The number of carboxylic acid groups (broad SMARTS) is 1. The first-order valence-corrected chi connectivity index (χ1v) is 5.36. The number of rotatable bonds is 3. The van der Waals surface area contributed by atoms with Gasteiger partial charge in [-0.2, -0.15) is 0 Å². The monoisotopic (exact) mass is 235 g/mol. The molecule has 0 spiro atoms. The highest BCUT2D eigenvalue weighted by Crippen LogP contribution is 2.17. The van der Waals surface area contributed by atoms with Gasteiger partial charge in [-0.3, -0.25) is 4.79 Å². The lowest BCUT2D eigenvalue weighted by Crippen LogP contribution is -2.26. The van der Waals surface area contributed by atoms with E-state index in [-0.39, 0.29) is 12.3 Å². The molecule has 1 heterocycles. The number of likely N-dealkylation sites (tertiary alicyclic amines) is 1. The molecule has 5 heteroatoms. The van der Waals surface area contributed by atoms with Crippen molar-refractivity contribution < 1.29 is 19.4 Å². The number of hydrogen-bond acceptors (Lipinski definition) is 3. The van der Waals surface area contributed by atoms with Crippen LogP contribution in [0.2, 0.25) is 0 Å². The second kappa shape index (κ2) is 4.86. The van der Waals surface area contributed by atoms with Crippen molar-refractivity contribution in [3.8, 4) is 0 Å². The van der Waals surface area contributed by atoms with E-state index in [1.165, 1.54) is 0 Å². The number of ether oxygens (including phenoxy) is 1. The molecule has 1 atom stereocenters. The van der Waals surface area contributed by atoms with E-state index in [0.29, 0.717) is 13.1 Å². The van der Waals surface area contributed by atoms with Gasteiger partial charge in [-0.15, -0.1) is 0 Å². The van der Waals surface area contributed by atoms with Gasteiger partial charge in [0.2, 0.25) is 5.91 Å². The fourth-order valence-corrected chi connectivity index (χ4v) is 1.91. The summed E-state index contributed by atoms with van der Waals surface area (Å²) in [5.41, 5.74) is 1.02. The van der Waals surface area contributed by atoms with Gasteiger partial charge in [0.05, 0.1) is 13.0 Å². The number of carbonyl (C=O) groups is 2. The number of amides is 1. The predicted octanol–water partition coefficient (Wildman–Crippen LogP) is 1.48. The molecular weight excluding hydrogens is 222 g/mol. The molecule has 1 aromatic carbocycles. The second-order valence-corrected chi connectivity index (χ2v) is 3.97. The molecule has 1 aromatic rings. The Morgan fingerprint density at radius 1 is 1.41 bits per heavy atom. The van der Waals surface area contributed by atoms with Crippen LogP contribution in [-0.4, -0.2) is 34.7 Å². The van der Waals surface area contributed by atoms with Gasteiger partial charge >= 0.3 is 6.16 Å². The first-order valence-electron chi connectivity index (χ1n) is 5.36. The van der Waals surface area contributed by atoms with Crippen LogP contribution in [0.5, 0.6) is 0 Å². The van der Waals surface area contributed by atoms with Crippen LogP contribution in [0, 0.1) is 0 Å². The first kappa shape index (κ1) is 11.4. The summed E-state index contributed by atoms with van der Waals surface area (Å²) < 4.78 is 4.60. The number of benzene rings is 1. The van der Waals surface area contributed by atoms with Gasteiger partial charge in [-0.1, -0.05) is 30.3 Å². The summed E-state index contributed by atoms with van der Waals surface area (Å²) in [6.07, 6.45) is -1.73. The topological polar surface area (TPSA) is 66.8 Å². The SMILES string of the molecule is O=C(O)OC1CC(=O)N(Cc2ccccc2)C1. The minimum Gasteiger partial charge on any atom is -0.450 e. The van der Waals surface area contributed by atoms with Crippen molar-refractivity contribution in [3.05, 3.63) is 35.9 Å².